The van der Waals surface area contributed by atoms with E-state index in [1.807, 2.05) is 25.1 Å². The Hall–Kier alpha value is -1.59. The highest BCUT2D eigenvalue weighted by atomic mass is 35.5. The molecule has 2 atom stereocenters. The fourth-order valence-electron chi connectivity index (χ4n) is 4.00. The van der Waals surface area contributed by atoms with Crippen LogP contribution in [0.4, 0.5) is 0 Å². The number of hydrogen-bond donors (Lipinski definition) is 3. The number of aryl methyl sites for hydroxylation is 1. The van der Waals surface area contributed by atoms with Crippen LogP contribution in [0.1, 0.15) is 56.3 Å². The quantitative estimate of drug-likeness (QED) is 0.566. The lowest BCUT2D eigenvalue weighted by Crippen LogP contribution is -2.46. The number of H-pyrrole nitrogens is 1. The molecule has 1 aromatic rings. The van der Waals surface area contributed by atoms with Crippen molar-refractivity contribution in [2.75, 3.05) is 0 Å². The van der Waals surface area contributed by atoms with Gasteiger partial charge in [0, 0.05) is 5.69 Å². The van der Waals surface area contributed by atoms with Crippen LogP contribution in [-0.2, 0) is 4.79 Å². The molecule has 5 nitrogen and oxygen atoms in total. The first kappa shape index (κ1) is 18.2. The van der Waals surface area contributed by atoms with Crippen LogP contribution < -0.4 is 5.73 Å². The molecule has 4 N–H and O–H groups in total. The fourth-order valence-corrected chi connectivity index (χ4v) is 4.48. The molecule has 3 rings (SSSR count). The summed E-state index contributed by atoms with van der Waals surface area (Å²) in [6.07, 6.45) is 11.5. The Morgan fingerprint density at radius 1 is 1.40 bits per heavy atom. The third kappa shape index (κ3) is 3.98. The Kier molecular flexibility index (Phi) is 5.07. The van der Waals surface area contributed by atoms with Crippen LogP contribution in [0.25, 0.3) is 5.57 Å². The number of primary amides is 1. The van der Waals surface area contributed by atoms with Crippen LogP contribution in [0.3, 0.4) is 0 Å². The van der Waals surface area contributed by atoms with Crippen molar-refractivity contribution < 1.29 is 9.90 Å². The molecule has 1 heterocycles. The van der Waals surface area contributed by atoms with E-state index in [0.717, 1.165) is 55.5 Å². The second-order valence-corrected chi connectivity index (χ2v) is 8.22. The summed E-state index contributed by atoms with van der Waals surface area (Å²) >= 11 is 6.85. The molecule has 2 aliphatic rings. The molecule has 1 fully saturated rings. The van der Waals surface area contributed by atoms with E-state index in [4.69, 9.17) is 17.3 Å². The number of hydrogen-bond acceptors (Lipinski definition) is 3. The predicted octanol–water partition coefficient (Wildman–Crippen LogP) is 3.23. The number of aromatic amines is 1. The highest BCUT2D eigenvalue weighted by Crippen LogP contribution is 2.44. The van der Waals surface area contributed by atoms with Gasteiger partial charge in [-0.3, -0.25) is 9.89 Å². The minimum absolute atomic E-state index is 0.328. The van der Waals surface area contributed by atoms with Gasteiger partial charge in [-0.1, -0.05) is 43.9 Å². The van der Waals surface area contributed by atoms with Crippen LogP contribution in [0.5, 0.6) is 0 Å². The summed E-state index contributed by atoms with van der Waals surface area (Å²) in [7, 11) is 0. The van der Waals surface area contributed by atoms with Crippen LogP contribution in [0.15, 0.2) is 24.3 Å². The molecule has 1 amide bonds. The SMILES string of the molecule is Cc1cc(C2=CC(C(N)=O)C(Cl)(CC3(O)CCCCCC3)C=C2)n[nH]1. The number of nitrogens with one attached hydrogen (secondary N) is 1. The molecule has 6 heteroatoms. The maximum atomic E-state index is 12.1. The van der Waals surface area contributed by atoms with Crippen LogP contribution in [0.2, 0.25) is 0 Å². The molecular weight excluding hydrogens is 338 g/mol. The topological polar surface area (TPSA) is 92.0 Å². The molecule has 2 unspecified atom stereocenters. The number of nitrogens with zero attached hydrogens (tertiary/aromatic N) is 1. The molecule has 136 valence electrons. The fraction of sp³-hybridized carbons (Fsp3) is 0.579. The molecule has 1 aromatic heterocycles. The van der Waals surface area contributed by atoms with Crippen molar-refractivity contribution in [1.82, 2.24) is 10.2 Å². The molecule has 0 aromatic carbocycles. The van der Waals surface area contributed by atoms with Gasteiger partial charge in [-0.15, -0.1) is 11.6 Å². The van der Waals surface area contributed by atoms with Crippen molar-refractivity contribution in [3.8, 4) is 0 Å². The van der Waals surface area contributed by atoms with Gasteiger partial charge in [0.1, 0.15) is 0 Å². The van der Waals surface area contributed by atoms with E-state index < -0.39 is 22.3 Å². The number of aromatic nitrogens is 2. The minimum Gasteiger partial charge on any atom is -0.390 e. The van der Waals surface area contributed by atoms with Gasteiger partial charge in [-0.2, -0.15) is 5.10 Å². The molecule has 25 heavy (non-hydrogen) atoms. The molecule has 0 bridgehead atoms. The van der Waals surface area contributed by atoms with Gasteiger partial charge < -0.3 is 10.8 Å². The zero-order valence-electron chi connectivity index (χ0n) is 14.6. The molecule has 0 saturated heterocycles. The summed E-state index contributed by atoms with van der Waals surface area (Å²) in [6, 6.07) is 1.91. The van der Waals surface area contributed by atoms with Crippen molar-refractivity contribution in [2.24, 2.45) is 11.7 Å². The number of allylic oxidation sites excluding steroid dienone is 3. The second kappa shape index (κ2) is 6.96. The van der Waals surface area contributed by atoms with E-state index >= 15 is 0 Å². The van der Waals surface area contributed by atoms with E-state index in [2.05, 4.69) is 10.2 Å². The van der Waals surface area contributed by atoms with E-state index in [0.29, 0.717) is 6.42 Å². The smallest absolute Gasteiger partial charge is 0.226 e. The Morgan fingerprint density at radius 3 is 2.64 bits per heavy atom. The highest BCUT2D eigenvalue weighted by Gasteiger charge is 2.45. The van der Waals surface area contributed by atoms with Gasteiger partial charge in [0.15, 0.2) is 0 Å². The molecule has 0 radical (unpaired) electrons. The second-order valence-electron chi connectivity index (χ2n) is 7.51. The Labute approximate surface area is 153 Å². The number of amides is 1. The van der Waals surface area contributed by atoms with Crippen molar-refractivity contribution in [2.45, 2.75) is 62.3 Å². The highest BCUT2D eigenvalue weighted by molar-refractivity contribution is 6.27. The van der Waals surface area contributed by atoms with Gasteiger partial charge in [-0.05, 0) is 37.8 Å². The first-order valence-corrected chi connectivity index (χ1v) is 9.33. The van der Waals surface area contributed by atoms with Gasteiger partial charge in [0.25, 0.3) is 0 Å². The Balaban J connectivity index is 1.87. The predicted molar refractivity (Wildman–Crippen MR) is 99.0 cm³/mol. The largest absolute Gasteiger partial charge is 0.390 e. The number of alkyl halides is 1. The molecule has 0 aliphatic heterocycles. The standard InChI is InChI=1S/C19H26ClN3O2/c1-13-10-16(23-22-13)14-6-9-19(20,15(11-14)17(21)24)12-18(25)7-4-2-3-5-8-18/h6,9-11,15,25H,2-5,7-8,12H2,1H3,(H2,21,24)(H,22,23). The summed E-state index contributed by atoms with van der Waals surface area (Å²) in [5.41, 5.74) is 7.33. The lowest BCUT2D eigenvalue weighted by atomic mass is 9.75. The monoisotopic (exact) mass is 363 g/mol. The number of nitrogens with two attached hydrogens (primary N) is 1. The molecule has 2 aliphatic carbocycles. The average Bonchev–Trinajstić information content (AvgIpc) is 2.85. The molecular formula is C19H26ClN3O2. The number of carbonyl (C=O) groups excluding carboxylic acids is 1. The van der Waals surface area contributed by atoms with Crippen LogP contribution in [-0.4, -0.2) is 31.7 Å². The van der Waals surface area contributed by atoms with Crippen LogP contribution in [0, 0.1) is 12.8 Å². The molecule has 1 saturated carbocycles. The number of halogens is 1. The summed E-state index contributed by atoms with van der Waals surface area (Å²) in [6.45, 7) is 1.92. The van der Waals surface area contributed by atoms with Gasteiger partial charge in [0.05, 0.1) is 22.1 Å². The summed E-state index contributed by atoms with van der Waals surface area (Å²) < 4.78 is 0. The van der Waals surface area contributed by atoms with Gasteiger partial charge in [-0.25, -0.2) is 0 Å². The van der Waals surface area contributed by atoms with E-state index in [-0.39, 0.29) is 0 Å². The van der Waals surface area contributed by atoms with Crippen LogP contribution >= 0.6 is 11.6 Å². The maximum absolute atomic E-state index is 12.1. The maximum Gasteiger partial charge on any atom is 0.226 e. The summed E-state index contributed by atoms with van der Waals surface area (Å²) in [5, 5.41) is 18.2. The Morgan fingerprint density at radius 2 is 2.08 bits per heavy atom. The zero-order chi connectivity index (χ0) is 18.1. The first-order chi connectivity index (χ1) is 11.8. The third-order valence-electron chi connectivity index (χ3n) is 5.35. The Bertz CT molecular complexity index is 701. The van der Waals surface area contributed by atoms with Gasteiger partial charge in [0.2, 0.25) is 5.91 Å². The number of aliphatic hydroxyl groups is 1. The zero-order valence-corrected chi connectivity index (χ0v) is 15.4. The number of carbonyl (C=O) groups is 1. The van der Waals surface area contributed by atoms with E-state index in [1.165, 1.54) is 0 Å². The van der Waals surface area contributed by atoms with Gasteiger partial charge >= 0.3 is 0 Å². The summed E-state index contributed by atoms with van der Waals surface area (Å²) in [4.78, 5) is 11.1. The van der Waals surface area contributed by atoms with Crippen molar-refractivity contribution in [3.05, 3.63) is 35.7 Å². The normalized spacial score (nSPS) is 29.1. The molecule has 0 spiro atoms. The van der Waals surface area contributed by atoms with Crippen molar-refractivity contribution in [1.29, 1.82) is 0 Å². The summed E-state index contributed by atoms with van der Waals surface area (Å²) in [5.74, 6) is -1.17. The average molecular weight is 364 g/mol. The van der Waals surface area contributed by atoms with E-state index in [9.17, 15) is 9.90 Å². The first-order valence-electron chi connectivity index (χ1n) is 8.95. The minimum atomic E-state index is -1.00. The third-order valence-corrected chi connectivity index (χ3v) is 5.84. The van der Waals surface area contributed by atoms with E-state index in [1.54, 1.807) is 6.08 Å². The lowest BCUT2D eigenvalue weighted by molar-refractivity contribution is -0.121. The number of rotatable bonds is 4. The lowest BCUT2D eigenvalue weighted by Gasteiger charge is -2.39. The van der Waals surface area contributed by atoms with Crippen molar-refractivity contribution >= 4 is 23.1 Å². The van der Waals surface area contributed by atoms with Crippen molar-refractivity contribution in [3.63, 3.8) is 0 Å².